The first-order valence-electron chi connectivity index (χ1n) is 8.01. The Balaban J connectivity index is 1.52. The van der Waals surface area contributed by atoms with Gasteiger partial charge >= 0.3 is 0 Å². The van der Waals surface area contributed by atoms with E-state index in [1.54, 1.807) is 11.3 Å². The molecule has 2 aromatic rings. The lowest BCUT2D eigenvalue weighted by molar-refractivity contribution is -0.122. The molecule has 1 saturated heterocycles. The van der Waals surface area contributed by atoms with Crippen molar-refractivity contribution in [3.8, 4) is 5.75 Å². The van der Waals surface area contributed by atoms with Crippen LogP contribution in [0.15, 0.2) is 40.6 Å². The van der Waals surface area contributed by atoms with E-state index < -0.39 is 0 Å². The monoisotopic (exact) mass is 438 g/mol. The second-order valence-corrected chi connectivity index (χ2v) is 8.75. The van der Waals surface area contributed by atoms with Crippen LogP contribution in [0.2, 0.25) is 5.02 Å². The molecule has 140 valence electrons. The van der Waals surface area contributed by atoms with Crippen molar-refractivity contribution >= 4 is 74.8 Å². The molecule has 0 saturated carbocycles. The van der Waals surface area contributed by atoms with Gasteiger partial charge in [-0.05, 0) is 42.1 Å². The fourth-order valence-corrected chi connectivity index (χ4v) is 4.62. The van der Waals surface area contributed by atoms with E-state index in [1.807, 2.05) is 23.6 Å². The second kappa shape index (κ2) is 8.88. The van der Waals surface area contributed by atoms with Crippen LogP contribution in [0.3, 0.4) is 0 Å². The van der Waals surface area contributed by atoms with Gasteiger partial charge in [0.2, 0.25) is 5.91 Å². The Labute approximate surface area is 175 Å². The lowest BCUT2D eigenvalue weighted by atomic mass is 10.2. The molecule has 0 radical (unpaired) electrons. The lowest BCUT2D eigenvalue weighted by Crippen LogP contribution is -2.29. The van der Waals surface area contributed by atoms with Crippen LogP contribution in [-0.2, 0) is 9.59 Å². The van der Waals surface area contributed by atoms with Crippen LogP contribution in [0.1, 0.15) is 17.7 Å². The number of thiophene rings is 1. The van der Waals surface area contributed by atoms with Gasteiger partial charge in [-0.3, -0.25) is 14.5 Å². The molecule has 0 unspecified atom stereocenters. The molecule has 27 heavy (non-hydrogen) atoms. The maximum Gasteiger partial charge on any atom is 0.266 e. The number of halogens is 1. The highest BCUT2D eigenvalue weighted by Crippen LogP contribution is 2.33. The summed E-state index contributed by atoms with van der Waals surface area (Å²) in [5.74, 6) is -0.457. The zero-order valence-electron chi connectivity index (χ0n) is 14.0. The number of nitrogens with one attached hydrogen (secondary N) is 1. The molecule has 1 aromatic heterocycles. The molecule has 1 aliphatic rings. The molecule has 0 spiro atoms. The average molecular weight is 439 g/mol. The molecule has 1 aliphatic heterocycles. The topological polar surface area (TPSA) is 69.6 Å². The number of thiocarbonyl (C=S) groups is 1. The average Bonchev–Trinajstić information content (AvgIpc) is 3.22. The quantitative estimate of drug-likeness (QED) is 0.387. The van der Waals surface area contributed by atoms with Crippen LogP contribution in [0.5, 0.6) is 5.75 Å². The summed E-state index contributed by atoms with van der Waals surface area (Å²) >= 11 is 14.0. The summed E-state index contributed by atoms with van der Waals surface area (Å²) in [6.07, 6.45) is 2.47. The van der Waals surface area contributed by atoms with Crippen molar-refractivity contribution in [2.45, 2.75) is 12.8 Å². The first kappa shape index (κ1) is 19.9. The van der Waals surface area contributed by atoms with Crippen molar-refractivity contribution < 1.29 is 14.7 Å². The molecule has 9 heteroatoms. The molecule has 2 amide bonds. The summed E-state index contributed by atoms with van der Waals surface area (Å²) < 4.78 is 0.496. The summed E-state index contributed by atoms with van der Waals surface area (Å²) in [6.45, 7) is 0.362. The van der Waals surface area contributed by atoms with Crippen LogP contribution in [0.25, 0.3) is 6.08 Å². The van der Waals surface area contributed by atoms with E-state index in [4.69, 9.17) is 23.8 Å². The van der Waals surface area contributed by atoms with Crippen LogP contribution < -0.4 is 5.32 Å². The van der Waals surface area contributed by atoms with Gasteiger partial charge in [0.25, 0.3) is 5.91 Å². The summed E-state index contributed by atoms with van der Waals surface area (Å²) in [5, 5.41) is 14.7. The summed E-state index contributed by atoms with van der Waals surface area (Å²) in [7, 11) is 0. The molecule has 5 nitrogen and oxygen atoms in total. The van der Waals surface area contributed by atoms with E-state index in [2.05, 4.69) is 5.32 Å². The molecule has 0 aliphatic carbocycles. The molecule has 3 rings (SSSR count). The van der Waals surface area contributed by atoms with E-state index in [-0.39, 0.29) is 29.7 Å². The Kier molecular flexibility index (Phi) is 6.54. The van der Waals surface area contributed by atoms with Gasteiger partial charge in [0.1, 0.15) is 10.1 Å². The highest BCUT2D eigenvalue weighted by Gasteiger charge is 2.31. The maximum atomic E-state index is 12.5. The number of hydrogen-bond acceptors (Lipinski definition) is 6. The van der Waals surface area contributed by atoms with E-state index >= 15 is 0 Å². The van der Waals surface area contributed by atoms with Crippen LogP contribution >= 0.6 is 46.9 Å². The van der Waals surface area contributed by atoms with Crippen molar-refractivity contribution in [1.29, 1.82) is 0 Å². The number of phenols is 1. The summed E-state index contributed by atoms with van der Waals surface area (Å²) in [4.78, 5) is 27.7. The van der Waals surface area contributed by atoms with Gasteiger partial charge in [-0.25, -0.2) is 0 Å². The third kappa shape index (κ3) is 5.10. The Morgan fingerprint density at radius 2 is 2.19 bits per heavy atom. The van der Waals surface area contributed by atoms with Crippen molar-refractivity contribution in [3.63, 3.8) is 0 Å². The number of carbonyl (C=O) groups is 2. The van der Waals surface area contributed by atoms with Gasteiger partial charge in [-0.15, -0.1) is 11.3 Å². The van der Waals surface area contributed by atoms with E-state index in [1.165, 1.54) is 34.9 Å². The highest BCUT2D eigenvalue weighted by molar-refractivity contribution is 8.26. The number of aromatic hydroxyl groups is 1. The first-order valence-corrected chi connectivity index (χ1v) is 10.5. The highest BCUT2D eigenvalue weighted by atomic mass is 35.5. The predicted octanol–water partition coefficient (Wildman–Crippen LogP) is 4.73. The van der Waals surface area contributed by atoms with Crippen molar-refractivity contribution in [2.75, 3.05) is 11.9 Å². The van der Waals surface area contributed by atoms with Gasteiger partial charge in [0.15, 0.2) is 0 Å². The number of benzene rings is 1. The third-order valence-corrected chi connectivity index (χ3v) is 6.14. The fraction of sp³-hybridized carbons (Fsp3) is 0.167. The number of carbonyl (C=O) groups excluding carboxylic acids is 2. The zero-order chi connectivity index (χ0) is 19.4. The number of phenolic OH excluding ortho intramolecular Hbond substituents is 1. The van der Waals surface area contributed by atoms with Gasteiger partial charge in [0, 0.05) is 22.9 Å². The first-order chi connectivity index (χ1) is 12.9. The largest absolute Gasteiger partial charge is 0.506 e. The standard InChI is InChI=1S/C18H15ClN2O3S3/c19-11-5-6-14(22)13(9-11)20-16(23)4-1-7-21-17(24)15(27-18(21)25)10-12-3-2-8-26-12/h2-3,5-6,8-10,22H,1,4,7H2,(H,20,23)/b15-10+. The third-order valence-electron chi connectivity index (χ3n) is 3.71. The smallest absolute Gasteiger partial charge is 0.266 e. The molecule has 1 aromatic carbocycles. The maximum absolute atomic E-state index is 12.5. The molecule has 1 fully saturated rings. The summed E-state index contributed by atoms with van der Waals surface area (Å²) in [6, 6.07) is 8.29. The van der Waals surface area contributed by atoms with E-state index in [0.29, 0.717) is 27.2 Å². The van der Waals surface area contributed by atoms with E-state index in [0.717, 1.165) is 4.88 Å². The summed E-state index contributed by atoms with van der Waals surface area (Å²) in [5.41, 5.74) is 0.261. The SMILES string of the molecule is O=C(CCCN1C(=O)/C(=C\c2cccs2)SC1=S)Nc1cc(Cl)ccc1O. The second-order valence-electron chi connectivity index (χ2n) is 5.66. The number of hydrogen-bond donors (Lipinski definition) is 2. The van der Waals surface area contributed by atoms with E-state index in [9.17, 15) is 14.7 Å². The number of nitrogens with zero attached hydrogens (tertiary/aromatic N) is 1. The Hall–Kier alpha value is -1.87. The van der Waals surface area contributed by atoms with Crippen molar-refractivity contribution in [3.05, 3.63) is 50.5 Å². The molecular weight excluding hydrogens is 424 g/mol. The van der Waals surface area contributed by atoms with Gasteiger partial charge in [0.05, 0.1) is 10.6 Å². The lowest BCUT2D eigenvalue weighted by Gasteiger charge is -2.14. The van der Waals surface area contributed by atoms with Crippen LogP contribution in [-0.4, -0.2) is 32.7 Å². The normalized spacial score (nSPS) is 15.6. The molecular formula is C18H15ClN2O3S3. The Morgan fingerprint density at radius 3 is 2.93 bits per heavy atom. The fourth-order valence-electron chi connectivity index (χ4n) is 2.41. The number of rotatable bonds is 6. The van der Waals surface area contributed by atoms with Crippen LogP contribution in [0.4, 0.5) is 5.69 Å². The number of amides is 2. The minimum atomic E-state index is -0.271. The number of thioether (sulfide) groups is 1. The number of anilines is 1. The Bertz CT molecular complexity index is 913. The van der Waals surface area contributed by atoms with Crippen molar-refractivity contribution in [1.82, 2.24) is 4.90 Å². The minimum absolute atomic E-state index is 0.0524. The minimum Gasteiger partial charge on any atom is -0.506 e. The molecule has 0 bridgehead atoms. The molecule has 2 N–H and O–H groups in total. The van der Waals surface area contributed by atoms with Crippen LogP contribution in [0, 0.1) is 0 Å². The molecule has 0 atom stereocenters. The van der Waals surface area contributed by atoms with Gasteiger partial charge in [-0.1, -0.05) is 41.6 Å². The molecule has 2 heterocycles. The predicted molar refractivity (Wildman–Crippen MR) is 115 cm³/mol. The zero-order valence-corrected chi connectivity index (χ0v) is 17.2. The van der Waals surface area contributed by atoms with Gasteiger partial charge < -0.3 is 10.4 Å². The Morgan fingerprint density at radius 1 is 1.37 bits per heavy atom. The van der Waals surface area contributed by atoms with Gasteiger partial charge in [-0.2, -0.15) is 0 Å². The van der Waals surface area contributed by atoms with Crippen molar-refractivity contribution in [2.24, 2.45) is 0 Å².